The molecular formula is C13H10F2N2O3. The second kappa shape index (κ2) is 5.52. The summed E-state index contributed by atoms with van der Waals surface area (Å²) >= 11 is 0. The highest BCUT2D eigenvalue weighted by Gasteiger charge is 2.09. The third-order valence-electron chi connectivity index (χ3n) is 2.65. The molecule has 104 valence electrons. The predicted octanol–water partition coefficient (Wildman–Crippen LogP) is 3.19. The predicted molar refractivity (Wildman–Crippen MR) is 68.4 cm³/mol. The van der Waals surface area contributed by atoms with E-state index in [2.05, 4.69) is 5.32 Å². The van der Waals surface area contributed by atoms with Gasteiger partial charge in [-0.3, -0.25) is 10.1 Å². The summed E-state index contributed by atoms with van der Waals surface area (Å²) in [5.74, 6) is -3.08. The fourth-order valence-corrected chi connectivity index (χ4v) is 1.63. The molecule has 7 heteroatoms. The summed E-state index contributed by atoms with van der Waals surface area (Å²) < 4.78 is 26.2. The van der Waals surface area contributed by atoms with Crippen LogP contribution < -0.4 is 5.32 Å². The zero-order chi connectivity index (χ0) is 14.7. The normalized spacial score (nSPS) is 10.3. The Bertz CT molecular complexity index is 622. The lowest BCUT2D eigenvalue weighted by Gasteiger charge is -2.07. The molecule has 20 heavy (non-hydrogen) atoms. The van der Waals surface area contributed by atoms with E-state index in [1.807, 2.05) is 0 Å². The van der Waals surface area contributed by atoms with Crippen LogP contribution in [0, 0.1) is 21.7 Å². The number of nitrogens with one attached hydrogen (secondary N) is 1. The molecule has 0 amide bonds. The highest BCUT2D eigenvalue weighted by Crippen LogP contribution is 2.22. The molecule has 2 aromatic rings. The Labute approximate surface area is 112 Å². The fraction of sp³-hybridized carbons (Fsp3) is 0.0769. The fourth-order valence-electron chi connectivity index (χ4n) is 1.63. The van der Waals surface area contributed by atoms with Crippen LogP contribution in [0.1, 0.15) is 5.56 Å². The molecule has 0 aliphatic carbocycles. The number of anilines is 1. The number of benzene rings is 2. The first-order valence-corrected chi connectivity index (χ1v) is 5.62. The number of non-ortho nitro benzene ring substituents is 1. The number of nitro benzene ring substituents is 1. The largest absolute Gasteiger partial charge is 0.503 e. The first kappa shape index (κ1) is 13.7. The van der Waals surface area contributed by atoms with Crippen LogP contribution in [0.5, 0.6) is 5.75 Å². The molecule has 5 nitrogen and oxygen atoms in total. The van der Waals surface area contributed by atoms with Gasteiger partial charge in [-0.15, -0.1) is 0 Å². The number of rotatable bonds is 4. The van der Waals surface area contributed by atoms with Crippen molar-refractivity contribution in [3.63, 3.8) is 0 Å². The second-order valence-corrected chi connectivity index (χ2v) is 4.07. The zero-order valence-electron chi connectivity index (χ0n) is 10.1. The molecular weight excluding hydrogens is 270 g/mol. The van der Waals surface area contributed by atoms with E-state index < -0.39 is 22.3 Å². The van der Waals surface area contributed by atoms with Crippen LogP contribution in [0.15, 0.2) is 36.4 Å². The maximum atomic E-state index is 13.1. The summed E-state index contributed by atoms with van der Waals surface area (Å²) in [7, 11) is 0. The van der Waals surface area contributed by atoms with Gasteiger partial charge in [0.2, 0.25) is 0 Å². The molecule has 0 fully saturated rings. The van der Waals surface area contributed by atoms with E-state index in [1.54, 1.807) is 0 Å². The number of phenols is 1. The highest BCUT2D eigenvalue weighted by molar-refractivity contribution is 5.49. The van der Waals surface area contributed by atoms with Gasteiger partial charge in [-0.2, -0.15) is 0 Å². The van der Waals surface area contributed by atoms with E-state index in [-0.39, 0.29) is 12.2 Å². The Kier molecular flexibility index (Phi) is 3.79. The van der Waals surface area contributed by atoms with E-state index in [9.17, 15) is 18.9 Å². The minimum atomic E-state index is -1.04. The van der Waals surface area contributed by atoms with Crippen molar-refractivity contribution in [2.45, 2.75) is 6.54 Å². The third kappa shape index (κ3) is 3.00. The first-order chi connectivity index (χ1) is 9.47. The number of nitrogens with zero attached hydrogens (tertiary/aromatic N) is 1. The summed E-state index contributed by atoms with van der Waals surface area (Å²) in [5, 5.41) is 22.3. The molecule has 0 atom stereocenters. The lowest BCUT2D eigenvalue weighted by molar-refractivity contribution is -0.384. The summed E-state index contributed by atoms with van der Waals surface area (Å²) in [6.07, 6.45) is 0. The van der Waals surface area contributed by atoms with Crippen molar-refractivity contribution in [2.75, 3.05) is 5.32 Å². The summed E-state index contributed by atoms with van der Waals surface area (Å²) in [6, 6.07) is 7.64. The SMILES string of the molecule is O=[N+]([O-])c1ccc(NCc2cc(F)c(O)c(F)c2)cc1. The van der Waals surface area contributed by atoms with Gasteiger partial charge in [-0.1, -0.05) is 0 Å². The maximum absolute atomic E-state index is 13.1. The van der Waals surface area contributed by atoms with Gasteiger partial charge in [-0.05, 0) is 29.8 Å². The van der Waals surface area contributed by atoms with Crippen molar-refractivity contribution in [3.05, 3.63) is 63.7 Å². The number of halogens is 2. The molecule has 2 N–H and O–H groups in total. The molecule has 0 heterocycles. The summed E-state index contributed by atoms with van der Waals surface area (Å²) in [5.41, 5.74) is 0.831. The molecule has 0 bridgehead atoms. The molecule has 2 aromatic carbocycles. The lowest BCUT2D eigenvalue weighted by Crippen LogP contribution is -2.01. The van der Waals surface area contributed by atoms with Crippen LogP contribution in [0.25, 0.3) is 0 Å². The minimum absolute atomic E-state index is 0.0442. The molecule has 0 saturated heterocycles. The van der Waals surface area contributed by atoms with Gasteiger partial charge in [0, 0.05) is 24.4 Å². The number of hydrogen-bond donors (Lipinski definition) is 2. The maximum Gasteiger partial charge on any atom is 0.269 e. The van der Waals surface area contributed by atoms with Crippen molar-refractivity contribution in [1.82, 2.24) is 0 Å². The van der Waals surface area contributed by atoms with Crippen LogP contribution in [0.3, 0.4) is 0 Å². The van der Waals surface area contributed by atoms with Gasteiger partial charge >= 0.3 is 0 Å². The van der Waals surface area contributed by atoms with Crippen LogP contribution in [0.4, 0.5) is 20.2 Å². The smallest absolute Gasteiger partial charge is 0.269 e. The van der Waals surface area contributed by atoms with Crippen LogP contribution in [-0.4, -0.2) is 10.0 Å². The van der Waals surface area contributed by atoms with Crippen LogP contribution in [-0.2, 0) is 6.54 Å². The van der Waals surface area contributed by atoms with Gasteiger partial charge in [0.25, 0.3) is 5.69 Å². The molecule has 0 unspecified atom stereocenters. The van der Waals surface area contributed by atoms with E-state index in [0.29, 0.717) is 11.3 Å². The molecule has 2 rings (SSSR count). The van der Waals surface area contributed by atoms with Gasteiger partial charge in [0.15, 0.2) is 17.4 Å². The summed E-state index contributed by atoms with van der Waals surface area (Å²) in [4.78, 5) is 9.96. The number of nitro groups is 1. The highest BCUT2D eigenvalue weighted by atomic mass is 19.1. The average Bonchev–Trinajstić information content (AvgIpc) is 2.42. The quantitative estimate of drug-likeness (QED) is 0.666. The molecule has 0 saturated carbocycles. The molecule has 0 aliphatic rings. The van der Waals surface area contributed by atoms with Crippen molar-refractivity contribution >= 4 is 11.4 Å². The Morgan fingerprint density at radius 3 is 2.20 bits per heavy atom. The average molecular weight is 280 g/mol. The standard InChI is InChI=1S/C13H10F2N2O3/c14-11-5-8(6-12(15)13(11)18)7-16-9-1-3-10(4-2-9)17(19)20/h1-6,16,18H,7H2. The second-order valence-electron chi connectivity index (χ2n) is 4.07. The summed E-state index contributed by atoms with van der Waals surface area (Å²) in [6.45, 7) is 0.117. The Morgan fingerprint density at radius 2 is 1.70 bits per heavy atom. The Balaban J connectivity index is 2.07. The lowest BCUT2D eigenvalue weighted by atomic mass is 10.2. The zero-order valence-corrected chi connectivity index (χ0v) is 10.1. The molecule has 0 spiro atoms. The van der Waals surface area contributed by atoms with Gasteiger partial charge < -0.3 is 10.4 Å². The van der Waals surface area contributed by atoms with E-state index in [1.165, 1.54) is 24.3 Å². The van der Waals surface area contributed by atoms with E-state index in [0.717, 1.165) is 12.1 Å². The van der Waals surface area contributed by atoms with Gasteiger partial charge in [-0.25, -0.2) is 8.78 Å². The third-order valence-corrected chi connectivity index (χ3v) is 2.65. The molecule has 0 aromatic heterocycles. The topological polar surface area (TPSA) is 75.4 Å². The number of phenolic OH excluding ortho intramolecular Hbond substituents is 1. The minimum Gasteiger partial charge on any atom is -0.503 e. The van der Waals surface area contributed by atoms with Crippen LogP contribution in [0.2, 0.25) is 0 Å². The molecule has 0 radical (unpaired) electrons. The van der Waals surface area contributed by atoms with E-state index in [4.69, 9.17) is 5.11 Å². The molecule has 0 aliphatic heterocycles. The monoisotopic (exact) mass is 280 g/mol. The Hall–Kier alpha value is -2.70. The van der Waals surface area contributed by atoms with Crippen LogP contribution >= 0.6 is 0 Å². The first-order valence-electron chi connectivity index (χ1n) is 5.62. The van der Waals surface area contributed by atoms with Crippen molar-refractivity contribution in [3.8, 4) is 5.75 Å². The van der Waals surface area contributed by atoms with Gasteiger partial charge in [0.05, 0.1) is 4.92 Å². The van der Waals surface area contributed by atoms with E-state index >= 15 is 0 Å². The van der Waals surface area contributed by atoms with Crippen molar-refractivity contribution in [2.24, 2.45) is 0 Å². The number of hydrogen-bond acceptors (Lipinski definition) is 4. The van der Waals surface area contributed by atoms with Crippen molar-refractivity contribution in [1.29, 1.82) is 0 Å². The van der Waals surface area contributed by atoms with Gasteiger partial charge in [0.1, 0.15) is 0 Å². The Morgan fingerprint density at radius 1 is 1.15 bits per heavy atom. The number of aromatic hydroxyl groups is 1. The van der Waals surface area contributed by atoms with Crippen molar-refractivity contribution < 1.29 is 18.8 Å².